The van der Waals surface area contributed by atoms with E-state index < -0.39 is 10.8 Å². The number of rotatable bonds is 8. The van der Waals surface area contributed by atoms with Crippen molar-refractivity contribution in [3.63, 3.8) is 0 Å². The van der Waals surface area contributed by atoms with Gasteiger partial charge in [0.05, 0.1) is 17.7 Å². The molecule has 0 fully saturated rings. The van der Waals surface area contributed by atoms with Crippen molar-refractivity contribution in [3.05, 3.63) is 63.7 Å². The van der Waals surface area contributed by atoms with Crippen LogP contribution in [-0.4, -0.2) is 30.3 Å². The number of non-ortho nitro benzene ring substituents is 1. The van der Waals surface area contributed by atoms with Crippen LogP contribution in [0.15, 0.2) is 47.6 Å². The van der Waals surface area contributed by atoms with Crippen LogP contribution in [0.1, 0.15) is 22.8 Å². The van der Waals surface area contributed by atoms with E-state index in [1.807, 2.05) is 6.92 Å². The van der Waals surface area contributed by atoms with Gasteiger partial charge in [0.15, 0.2) is 0 Å². The number of ether oxygens (including phenoxy) is 2. The van der Waals surface area contributed by atoms with E-state index in [0.29, 0.717) is 29.2 Å². The summed E-state index contributed by atoms with van der Waals surface area (Å²) in [5.74, 6) is 2.84. The topological polar surface area (TPSA) is 103 Å². The van der Waals surface area contributed by atoms with Crippen molar-refractivity contribution >= 4 is 17.8 Å². The lowest BCUT2D eigenvalue weighted by molar-refractivity contribution is -0.384. The smallest absolute Gasteiger partial charge is 0.271 e. The molecule has 2 aromatic rings. The van der Waals surface area contributed by atoms with E-state index in [4.69, 9.17) is 15.9 Å². The first-order valence-electron chi connectivity index (χ1n) is 7.96. The van der Waals surface area contributed by atoms with Crippen LogP contribution in [0.2, 0.25) is 0 Å². The maximum atomic E-state index is 12.1. The summed E-state index contributed by atoms with van der Waals surface area (Å²) >= 11 is 0. The number of carbonyl (C=O) groups excluding carboxylic acids is 1. The number of carbonyl (C=O) groups is 1. The number of nitrogens with zero attached hydrogens (tertiary/aromatic N) is 2. The van der Waals surface area contributed by atoms with E-state index in [-0.39, 0.29) is 12.3 Å². The molecule has 0 saturated heterocycles. The van der Waals surface area contributed by atoms with E-state index in [2.05, 4.69) is 16.4 Å². The molecule has 138 valence electrons. The molecule has 0 aliphatic heterocycles. The largest absolute Gasteiger partial charge is 0.494 e. The number of nitro benzene ring substituents is 1. The second-order valence-corrected chi connectivity index (χ2v) is 5.13. The van der Waals surface area contributed by atoms with Crippen LogP contribution in [0, 0.1) is 22.5 Å². The van der Waals surface area contributed by atoms with Crippen molar-refractivity contribution in [1.29, 1.82) is 0 Å². The fourth-order valence-electron chi connectivity index (χ4n) is 2.10. The summed E-state index contributed by atoms with van der Waals surface area (Å²) in [7, 11) is 0. The van der Waals surface area contributed by atoms with E-state index in [1.54, 1.807) is 24.3 Å². The van der Waals surface area contributed by atoms with Crippen molar-refractivity contribution in [2.45, 2.75) is 6.92 Å². The van der Waals surface area contributed by atoms with Crippen LogP contribution in [0.3, 0.4) is 0 Å². The quantitative estimate of drug-likeness (QED) is 0.334. The Morgan fingerprint density at radius 1 is 1.30 bits per heavy atom. The molecule has 0 spiro atoms. The zero-order valence-electron chi connectivity index (χ0n) is 14.5. The zero-order valence-corrected chi connectivity index (χ0v) is 14.5. The molecule has 0 aliphatic rings. The van der Waals surface area contributed by atoms with Crippen molar-refractivity contribution in [2.24, 2.45) is 5.10 Å². The number of hydrogen-bond donors (Lipinski definition) is 1. The lowest BCUT2D eigenvalue weighted by Gasteiger charge is -2.06. The molecule has 2 rings (SSSR count). The molecule has 0 unspecified atom stereocenters. The third-order valence-electron chi connectivity index (χ3n) is 3.31. The number of nitrogens with one attached hydrogen (secondary N) is 1. The molecular formula is C19H17N3O5. The van der Waals surface area contributed by atoms with Crippen LogP contribution in [0.4, 0.5) is 5.69 Å². The number of benzene rings is 2. The molecule has 1 N–H and O–H groups in total. The standard InChI is InChI=1S/C19H17N3O5/c1-3-11-27-18-10-7-16(22(24)25)12-15(18)13-20-21-19(23)14-5-8-17(9-6-14)26-4-2/h1,5-10,12-13H,4,11H2,2H3,(H,21,23)/b20-13+. The molecular weight excluding hydrogens is 350 g/mol. The summed E-state index contributed by atoms with van der Waals surface area (Å²) in [6, 6.07) is 10.5. The second kappa shape index (κ2) is 9.58. The van der Waals surface area contributed by atoms with Crippen LogP contribution in [0.5, 0.6) is 11.5 Å². The van der Waals surface area contributed by atoms with Gasteiger partial charge < -0.3 is 9.47 Å². The molecule has 0 heterocycles. The highest BCUT2D eigenvalue weighted by molar-refractivity contribution is 5.95. The predicted molar refractivity (Wildman–Crippen MR) is 100 cm³/mol. The molecule has 0 atom stereocenters. The van der Waals surface area contributed by atoms with Crippen LogP contribution in [-0.2, 0) is 0 Å². The monoisotopic (exact) mass is 367 g/mol. The Balaban J connectivity index is 2.11. The minimum absolute atomic E-state index is 0.00279. The van der Waals surface area contributed by atoms with Gasteiger partial charge in [-0.25, -0.2) is 5.43 Å². The maximum absolute atomic E-state index is 12.1. The van der Waals surface area contributed by atoms with Gasteiger partial charge in [-0.3, -0.25) is 14.9 Å². The second-order valence-electron chi connectivity index (χ2n) is 5.13. The minimum Gasteiger partial charge on any atom is -0.494 e. The van der Waals surface area contributed by atoms with E-state index >= 15 is 0 Å². The van der Waals surface area contributed by atoms with Gasteiger partial charge in [0, 0.05) is 23.3 Å². The Hall–Kier alpha value is -3.86. The maximum Gasteiger partial charge on any atom is 0.271 e. The van der Waals surface area contributed by atoms with Gasteiger partial charge in [-0.05, 0) is 37.3 Å². The normalized spacial score (nSPS) is 10.2. The van der Waals surface area contributed by atoms with E-state index in [0.717, 1.165) is 0 Å². The van der Waals surface area contributed by atoms with Gasteiger partial charge in [0.25, 0.3) is 11.6 Å². The molecule has 1 amide bonds. The van der Waals surface area contributed by atoms with Gasteiger partial charge >= 0.3 is 0 Å². The van der Waals surface area contributed by atoms with Crippen LogP contribution >= 0.6 is 0 Å². The van der Waals surface area contributed by atoms with Gasteiger partial charge in [-0.15, -0.1) is 6.42 Å². The van der Waals surface area contributed by atoms with Gasteiger partial charge in [-0.1, -0.05) is 5.92 Å². The Morgan fingerprint density at radius 3 is 2.67 bits per heavy atom. The number of nitro groups is 1. The molecule has 8 nitrogen and oxygen atoms in total. The Labute approximate surface area is 155 Å². The zero-order chi connectivity index (χ0) is 19.6. The molecule has 0 aliphatic carbocycles. The fourth-order valence-corrected chi connectivity index (χ4v) is 2.10. The Kier molecular flexibility index (Phi) is 6.91. The summed E-state index contributed by atoms with van der Waals surface area (Å²) in [4.78, 5) is 22.5. The van der Waals surface area contributed by atoms with Crippen molar-refractivity contribution < 1.29 is 19.2 Å². The summed E-state index contributed by atoms with van der Waals surface area (Å²) in [5, 5.41) is 14.8. The third kappa shape index (κ3) is 5.57. The summed E-state index contributed by atoms with van der Waals surface area (Å²) in [6.07, 6.45) is 6.41. The first-order valence-corrected chi connectivity index (χ1v) is 7.96. The number of terminal acetylenes is 1. The molecule has 0 saturated carbocycles. The highest BCUT2D eigenvalue weighted by Gasteiger charge is 2.11. The highest BCUT2D eigenvalue weighted by atomic mass is 16.6. The average molecular weight is 367 g/mol. The SMILES string of the molecule is C#CCOc1ccc([N+](=O)[O-])cc1/C=N/NC(=O)c1ccc(OCC)cc1. The fraction of sp³-hybridized carbons (Fsp3) is 0.158. The molecule has 0 bridgehead atoms. The van der Waals surface area contributed by atoms with Gasteiger partial charge in [-0.2, -0.15) is 5.10 Å². The number of hydrogen-bond acceptors (Lipinski definition) is 6. The summed E-state index contributed by atoms with van der Waals surface area (Å²) < 4.78 is 10.6. The summed E-state index contributed by atoms with van der Waals surface area (Å²) in [6.45, 7) is 2.39. The van der Waals surface area contributed by atoms with Gasteiger partial charge in [0.1, 0.15) is 18.1 Å². The predicted octanol–water partition coefficient (Wildman–Crippen LogP) is 2.77. The third-order valence-corrected chi connectivity index (χ3v) is 3.31. The molecule has 0 radical (unpaired) electrons. The summed E-state index contributed by atoms with van der Waals surface area (Å²) in [5.41, 5.74) is 2.92. The van der Waals surface area contributed by atoms with Crippen LogP contribution < -0.4 is 14.9 Å². The van der Waals surface area contributed by atoms with Crippen molar-refractivity contribution in [1.82, 2.24) is 5.43 Å². The molecule has 2 aromatic carbocycles. The number of hydrazone groups is 1. The van der Waals surface area contributed by atoms with Crippen molar-refractivity contribution in [3.8, 4) is 23.8 Å². The van der Waals surface area contributed by atoms with Crippen LogP contribution in [0.25, 0.3) is 0 Å². The minimum atomic E-state index is -0.541. The van der Waals surface area contributed by atoms with E-state index in [9.17, 15) is 14.9 Å². The van der Waals surface area contributed by atoms with Gasteiger partial charge in [0.2, 0.25) is 0 Å². The molecule has 0 aromatic heterocycles. The van der Waals surface area contributed by atoms with Crippen molar-refractivity contribution in [2.75, 3.05) is 13.2 Å². The lowest BCUT2D eigenvalue weighted by Crippen LogP contribution is -2.17. The Bertz CT molecular complexity index is 885. The number of amides is 1. The molecule has 27 heavy (non-hydrogen) atoms. The average Bonchev–Trinajstić information content (AvgIpc) is 2.67. The highest BCUT2D eigenvalue weighted by Crippen LogP contribution is 2.22. The lowest BCUT2D eigenvalue weighted by atomic mass is 10.2. The van der Waals surface area contributed by atoms with E-state index in [1.165, 1.54) is 24.4 Å². The first-order chi connectivity index (χ1) is 13.0. The Morgan fingerprint density at radius 2 is 2.04 bits per heavy atom. The first kappa shape index (κ1) is 19.5. The molecule has 8 heteroatoms.